The minimum absolute atomic E-state index is 0.0158. The molecule has 0 saturated carbocycles. The van der Waals surface area contributed by atoms with Gasteiger partial charge in [-0.05, 0) is 36.7 Å². The Bertz CT molecular complexity index is 650. The van der Waals surface area contributed by atoms with E-state index >= 15 is 0 Å². The zero-order valence-corrected chi connectivity index (χ0v) is 17.1. The van der Waals surface area contributed by atoms with E-state index in [1.165, 1.54) is 0 Å². The maximum absolute atomic E-state index is 13.1. The van der Waals surface area contributed by atoms with Crippen molar-refractivity contribution >= 4 is 34.2 Å². The molecule has 27 heavy (non-hydrogen) atoms. The zero-order valence-electron chi connectivity index (χ0n) is 15.5. The average molecular weight is 460 g/mol. The van der Waals surface area contributed by atoms with Crippen LogP contribution in [0.4, 0.5) is 28.7 Å². The third-order valence-electron chi connectivity index (χ3n) is 2.49. The van der Waals surface area contributed by atoms with E-state index in [0.717, 1.165) is 0 Å². The van der Waals surface area contributed by atoms with E-state index in [2.05, 4.69) is 36.0 Å². The van der Waals surface area contributed by atoms with Gasteiger partial charge in [0.15, 0.2) is 5.69 Å². The topological polar surface area (TPSA) is 122 Å². The molecular formula is C15H21BrF3N3O5. The van der Waals surface area contributed by atoms with Crippen LogP contribution in [0.3, 0.4) is 0 Å². The lowest BCUT2D eigenvalue weighted by molar-refractivity contribution is -0.141. The summed E-state index contributed by atoms with van der Waals surface area (Å²) in [7, 11) is 0. The summed E-state index contributed by atoms with van der Waals surface area (Å²) in [6, 6.07) is 0. The molecule has 0 atom stereocenters. The summed E-state index contributed by atoms with van der Waals surface area (Å²) < 4.78 is 42.2. The van der Waals surface area contributed by atoms with Crippen LogP contribution in [0.1, 0.15) is 52.9 Å². The Morgan fingerprint density at radius 2 is 1.37 bits per heavy atom. The summed E-state index contributed by atoms with van der Waals surface area (Å²) in [5.41, 5.74) is -1.59. The van der Waals surface area contributed by atoms with E-state index < -0.39 is 35.1 Å². The van der Waals surface area contributed by atoms with Crippen molar-refractivity contribution in [1.82, 2.24) is 9.97 Å². The Morgan fingerprint density at radius 1 is 0.963 bits per heavy atom. The summed E-state index contributed by atoms with van der Waals surface area (Å²) in [5.74, 6) is -0.0158. The molecule has 1 aromatic heterocycles. The lowest BCUT2D eigenvalue weighted by Crippen LogP contribution is -2.29. The van der Waals surface area contributed by atoms with E-state index in [-0.39, 0.29) is 10.4 Å². The van der Waals surface area contributed by atoms with Crippen molar-refractivity contribution in [1.29, 1.82) is 0 Å². The predicted octanol–water partition coefficient (Wildman–Crippen LogP) is 5.12. The van der Waals surface area contributed by atoms with E-state index in [9.17, 15) is 22.8 Å². The van der Waals surface area contributed by atoms with Gasteiger partial charge in [-0.3, -0.25) is 0 Å². The second kappa shape index (κ2) is 8.72. The maximum Gasteiger partial charge on any atom is 0.516 e. The van der Waals surface area contributed by atoms with E-state index in [0.29, 0.717) is 5.69 Å². The summed E-state index contributed by atoms with van der Waals surface area (Å²) in [4.78, 5) is 26.3. The summed E-state index contributed by atoms with van der Waals surface area (Å²) in [5, 5.41) is 17.9. The molecule has 0 aliphatic rings. The summed E-state index contributed by atoms with van der Waals surface area (Å²) in [6.07, 6.45) is -8.16. The molecule has 154 valence electrons. The molecule has 0 bridgehead atoms. The Kier molecular flexibility index (Phi) is 8.04. The fourth-order valence-electron chi connectivity index (χ4n) is 1.60. The van der Waals surface area contributed by atoms with Crippen LogP contribution >= 0.6 is 15.9 Å². The summed E-state index contributed by atoms with van der Waals surface area (Å²) in [6.45, 7) is 10.9. The third kappa shape index (κ3) is 9.40. The van der Waals surface area contributed by atoms with Crippen LogP contribution in [0, 0.1) is 0 Å². The zero-order chi connectivity index (χ0) is 21.8. The monoisotopic (exact) mass is 459 g/mol. The highest BCUT2D eigenvalue weighted by atomic mass is 79.9. The second-order valence-electron chi connectivity index (χ2n) is 7.32. The van der Waals surface area contributed by atoms with Crippen LogP contribution in [0.15, 0.2) is 4.47 Å². The number of hydrogen-bond donors (Lipinski definition) is 3. The second-order valence-corrected chi connectivity index (χ2v) is 8.11. The van der Waals surface area contributed by atoms with Crippen molar-refractivity contribution in [3.8, 4) is 0 Å². The molecule has 3 N–H and O–H groups in total. The molecule has 0 aliphatic heterocycles. The quantitative estimate of drug-likeness (QED) is 0.390. The molecule has 0 fully saturated rings. The molecule has 0 unspecified atom stereocenters. The van der Waals surface area contributed by atoms with Crippen molar-refractivity contribution < 1.29 is 37.7 Å². The maximum atomic E-state index is 13.1. The van der Waals surface area contributed by atoms with Crippen LogP contribution in [-0.2, 0) is 16.3 Å². The first-order valence-electron chi connectivity index (χ1n) is 7.41. The number of rotatable bonds is 1. The molecule has 12 heteroatoms. The number of carbonyl (C=O) groups is 2. The van der Waals surface area contributed by atoms with E-state index in [4.69, 9.17) is 10.2 Å². The highest BCUT2D eigenvalue weighted by molar-refractivity contribution is 9.10. The smallest absolute Gasteiger partial charge is 0.449 e. The van der Waals surface area contributed by atoms with Gasteiger partial charge < -0.3 is 20.3 Å². The molecule has 0 radical (unpaired) electrons. The van der Waals surface area contributed by atoms with Crippen molar-refractivity contribution in [2.45, 2.75) is 58.7 Å². The summed E-state index contributed by atoms with van der Waals surface area (Å²) >= 11 is 2.99. The largest absolute Gasteiger partial charge is 0.516 e. The number of nitrogens with one attached hydrogen (secondary N) is 1. The normalized spacial score (nSPS) is 11.9. The van der Waals surface area contributed by atoms with Gasteiger partial charge in [-0.15, -0.1) is 0 Å². The minimum atomic E-state index is -4.53. The Morgan fingerprint density at radius 3 is 1.63 bits per heavy atom. The third-order valence-corrected chi connectivity index (χ3v) is 3.24. The predicted molar refractivity (Wildman–Crippen MR) is 93.9 cm³/mol. The first-order chi connectivity index (χ1) is 11.8. The first kappa shape index (κ1) is 24.9. The van der Waals surface area contributed by atoms with Gasteiger partial charge in [-0.25, -0.2) is 19.6 Å². The van der Waals surface area contributed by atoms with Gasteiger partial charge in [0.05, 0.1) is 10.2 Å². The average Bonchev–Trinajstić information content (AvgIpc) is 2.35. The number of aromatic nitrogens is 2. The van der Waals surface area contributed by atoms with Gasteiger partial charge in [0.25, 0.3) is 0 Å². The van der Waals surface area contributed by atoms with Gasteiger partial charge in [-0.1, -0.05) is 20.8 Å². The van der Waals surface area contributed by atoms with Crippen LogP contribution in [0.25, 0.3) is 0 Å². The van der Waals surface area contributed by atoms with E-state index in [1.807, 2.05) is 20.8 Å². The van der Waals surface area contributed by atoms with Crippen molar-refractivity contribution in [3.63, 3.8) is 0 Å². The first-order valence-corrected chi connectivity index (χ1v) is 8.21. The Hall–Kier alpha value is -2.11. The van der Waals surface area contributed by atoms with Crippen LogP contribution in [-0.4, -0.2) is 38.0 Å². The van der Waals surface area contributed by atoms with Crippen molar-refractivity contribution in [2.24, 2.45) is 0 Å². The standard InChI is InChI=1S/C13H19BrF3N3.C2H2O5/c1-11(2,3)8-7(14)9(13(15,16)17)19-10(18-8)20-12(4,5)6;3-1(4)7-2(5)6/h1-6H3,(H,18,19,20);(H,3,4)(H,5,6). The molecule has 0 spiro atoms. The highest BCUT2D eigenvalue weighted by Crippen LogP contribution is 2.39. The lowest BCUT2D eigenvalue weighted by atomic mass is 9.91. The molecule has 0 aromatic carbocycles. The molecule has 0 saturated heterocycles. The highest BCUT2D eigenvalue weighted by Gasteiger charge is 2.39. The molecule has 1 rings (SSSR count). The van der Waals surface area contributed by atoms with Crippen LogP contribution in [0.2, 0.25) is 0 Å². The van der Waals surface area contributed by atoms with Crippen molar-refractivity contribution in [2.75, 3.05) is 5.32 Å². The molecule has 1 heterocycles. The van der Waals surface area contributed by atoms with E-state index in [1.54, 1.807) is 20.8 Å². The number of anilines is 1. The lowest BCUT2D eigenvalue weighted by Gasteiger charge is -2.25. The minimum Gasteiger partial charge on any atom is -0.449 e. The van der Waals surface area contributed by atoms with Gasteiger partial charge in [-0.2, -0.15) is 13.2 Å². The molecule has 0 amide bonds. The van der Waals surface area contributed by atoms with Crippen LogP contribution < -0.4 is 5.32 Å². The molecular weight excluding hydrogens is 439 g/mol. The van der Waals surface area contributed by atoms with Gasteiger partial charge >= 0.3 is 18.5 Å². The Balaban J connectivity index is 0.000000821. The van der Waals surface area contributed by atoms with Gasteiger partial charge in [0.1, 0.15) is 0 Å². The molecule has 8 nitrogen and oxygen atoms in total. The SMILES string of the molecule is CC(C)(C)Nc1nc(C(C)(C)C)c(Br)c(C(F)(F)F)n1.O=C(O)OC(=O)O. The number of carboxylic acid groups (broad SMARTS) is 2. The number of halogens is 4. The number of ether oxygens (including phenoxy) is 1. The van der Waals surface area contributed by atoms with Gasteiger partial charge in [0, 0.05) is 11.0 Å². The Labute approximate surface area is 162 Å². The molecule has 1 aromatic rings. The molecule has 0 aliphatic carbocycles. The fourth-order valence-corrected chi connectivity index (χ4v) is 2.59. The van der Waals surface area contributed by atoms with Crippen LogP contribution in [0.5, 0.6) is 0 Å². The number of alkyl halides is 3. The number of nitrogens with zero attached hydrogens (tertiary/aromatic N) is 2. The van der Waals surface area contributed by atoms with Crippen molar-refractivity contribution in [3.05, 3.63) is 15.9 Å². The fraction of sp³-hybridized carbons (Fsp3) is 0.600. The van der Waals surface area contributed by atoms with Gasteiger partial charge in [0.2, 0.25) is 5.95 Å². The number of hydrogen-bond acceptors (Lipinski definition) is 6.